The topological polar surface area (TPSA) is 26.3 Å². The van der Waals surface area contributed by atoms with Gasteiger partial charge in [-0.3, -0.25) is 4.79 Å². The van der Waals surface area contributed by atoms with Crippen LogP contribution in [0.3, 0.4) is 0 Å². The number of aldehydes is 1. The zero-order chi connectivity index (χ0) is 10.6. The van der Waals surface area contributed by atoms with E-state index in [4.69, 9.17) is 6.92 Å². The van der Waals surface area contributed by atoms with E-state index in [9.17, 15) is 13.6 Å². The van der Waals surface area contributed by atoms with E-state index in [1.165, 1.54) is 12.1 Å². The van der Waals surface area contributed by atoms with Gasteiger partial charge in [0.05, 0.1) is 0 Å². The van der Waals surface area contributed by atoms with E-state index in [0.717, 1.165) is 0 Å². The smallest absolute Gasteiger partial charge is 0.200 e. The van der Waals surface area contributed by atoms with Crippen LogP contribution in [0, 0.1) is 18.6 Å². The second-order valence-electron chi connectivity index (χ2n) is 2.53. The number of carbonyl (C=O) groups excluding carboxylic acids is 1. The first-order chi connectivity index (χ1) is 6.70. The molecule has 0 aliphatic heterocycles. The van der Waals surface area contributed by atoms with Gasteiger partial charge in [-0.05, 0) is 25.0 Å². The molecule has 0 bridgehead atoms. The second kappa shape index (κ2) is 4.69. The van der Waals surface area contributed by atoms with Gasteiger partial charge >= 0.3 is 0 Å². The molecule has 1 aromatic carbocycles. The minimum atomic E-state index is -1.12. The second-order valence-corrected chi connectivity index (χ2v) is 2.53. The van der Waals surface area contributed by atoms with Crippen LogP contribution in [-0.4, -0.2) is 12.9 Å². The molecule has 0 aliphatic rings. The zero-order valence-electron chi connectivity index (χ0n) is 7.30. The van der Waals surface area contributed by atoms with Crippen LogP contribution in [0.4, 0.5) is 8.78 Å². The van der Waals surface area contributed by atoms with Crippen molar-refractivity contribution in [2.45, 2.75) is 6.42 Å². The Balaban J connectivity index is 2.98. The summed E-state index contributed by atoms with van der Waals surface area (Å²) in [4.78, 5) is 9.94. The van der Waals surface area contributed by atoms with Gasteiger partial charge in [0.2, 0.25) is 5.82 Å². The lowest BCUT2D eigenvalue weighted by molar-refractivity contribution is -0.109. The highest BCUT2D eigenvalue weighted by Gasteiger charge is 2.12. The van der Waals surface area contributed by atoms with E-state index in [1.807, 2.05) is 0 Å². The van der Waals surface area contributed by atoms with E-state index in [2.05, 4.69) is 4.74 Å². The predicted molar refractivity (Wildman–Crippen MR) is 45.9 cm³/mol. The van der Waals surface area contributed by atoms with Crippen molar-refractivity contribution in [1.29, 1.82) is 0 Å². The van der Waals surface area contributed by atoms with Crippen LogP contribution in [-0.2, 0) is 11.2 Å². The molecule has 0 fully saturated rings. The fourth-order valence-electron chi connectivity index (χ4n) is 0.965. The van der Waals surface area contributed by atoms with E-state index < -0.39 is 11.6 Å². The van der Waals surface area contributed by atoms with Crippen LogP contribution < -0.4 is 4.74 Å². The summed E-state index contributed by atoms with van der Waals surface area (Å²) < 4.78 is 30.8. The van der Waals surface area contributed by atoms with Crippen molar-refractivity contribution < 1.29 is 18.3 Å². The van der Waals surface area contributed by atoms with Gasteiger partial charge < -0.3 is 4.74 Å². The molecule has 0 saturated carbocycles. The van der Waals surface area contributed by atoms with Crippen molar-refractivity contribution in [2.75, 3.05) is 6.61 Å². The Morgan fingerprint density at radius 1 is 1.36 bits per heavy atom. The molecular weight excluding hydrogens is 190 g/mol. The molecule has 14 heavy (non-hydrogen) atoms. The number of halogens is 2. The van der Waals surface area contributed by atoms with E-state index in [1.54, 1.807) is 0 Å². The third kappa shape index (κ3) is 2.07. The maximum absolute atomic E-state index is 13.1. The quantitative estimate of drug-likeness (QED) is 0.689. The van der Waals surface area contributed by atoms with Crippen LogP contribution >= 0.6 is 0 Å². The maximum Gasteiger partial charge on any atom is 0.200 e. The largest absolute Gasteiger partial charge is 0.483 e. The molecule has 2 radical (unpaired) electrons. The summed E-state index contributed by atoms with van der Waals surface area (Å²) in [5.74, 6) is -2.43. The summed E-state index contributed by atoms with van der Waals surface area (Å²) >= 11 is 0. The van der Waals surface area contributed by atoms with Gasteiger partial charge in [0.25, 0.3) is 0 Å². The Bertz CT molecular complexity index is 337. The zero-order valence-corrected chi connectivity index (χ0v) is 7.30. The molecule has 1 aromatic rings. The monoisotopic (exact) mass is 198 g/mol. The SMILES string of the molecule is [CH]Cc1ccc(OCC=O)c(F)c1F. The number of rotatable bonds is 4. The first kappa shape index (κ1) is 10.6. The van der Waals surface area contributed by atoms with Gasteiger partial charge in [-0.2, -0.15) is 4.39 Å². The lowest BCUT2D eigenvalue weighted by atomic mass is 10.1. The minimum absolute atomic E-state index is 0.0703. The molecule has 0 spiro atoms. The van der Waals surface area contributed by atoms with Crippen molar-refractivity contribution in [2.24, 2.45) is 0 Å². The van der Waals surface area contributed by atoms with Crippen LogP contribution in [0.1, 0.15) is 5.56 Å². The van der Waals surface area contributed by atoms with Crippen molar-refractivity contribution in [3.8, 4) is 5.75 Å². The number of hydrogen-bond donors (Lipinski definition) is 0. The third-order valence-corrected chi connectivity index (χ3v) is 1.65. The summed E-state index contributed by atoms with van der Waals surface area (Å²) in [5, 5.41) is 0. The molecule has 4 heteroatoms. The first-order valence-corrected chi connectivity index (χ1v) is 3.94. The summed E-state index contributed by atoms with van der Waals surface area (Å²) in [7, 11) is 0. The fourth-order valence-corrected chi connectivity index (χ4v) is 0.965. The lowest BCUT2D eigenvalue weighted by Gasteiger charge is -2.06. The maximum atomic E-state index is 13.1. The average Bonchev–Trinajstić information content (AvgIpc) is 2.20. The van der Waals surface area contributed by atoms with Crippen LogP contribution in [0.15, 0.2) is 12.1 Å². The van der Waals surface area contributed by atoms with Gasteiger partial charge in [-0.1, -0.05) is 6.07 Å². The Kier molecular flexibility index (Phi) is 3.56. The van der Waals surface area contributed by atoms with Crippen LogP contribution in [0.2, 0.25) is 0 Å². The van der Waals surface area contributed by atoms with Crippen LogP contribution in [0.25, 0.3) is 0 Å². The Hall–Kier alpha value is -1.45. The number of hydrogen-bond acceptors (Lipinski definition) is 2. The Morgan fingerprint density at radius 3 is 2.64 bits per heavy atom. The van der Waals surface area contributed by atoms with Gasteiger partial charge in [0.15, 0.2) is 17.9 Å². The molecule has 0 N–H and O–H groups in total. The summed E-state index contributed by atoms with van der Waals surface area (Å²) in [6.07, 6.45) is 0.366. The first-order valence-electron chi connectivity index (χ1n) is 3.94. The van der Waals surface area contributed by atoms with E-state index in [0.29, 0.717) is 6.29 Å². The molecule has 0 saturated heterocycles. The molecule has 0 unspecified atom stereocenters. The minimum Gasteiger partial charge on any atom is -0.483 e. The Morgan fingerprint density at radius 2 is 2.07 bits per heavy atom. The normalized spacial score (nSPS) is 9.93. The molecule has 2 nitrogen and oxygen atoms in total. The van der Waals surface area contributed by atoms with Gasteiger partial charge in [0, 0.05) is 0 Å². The molecule has 0 aromatic heterocycles. The molecular formula is C10H8F2O2. The standard InChI is InChI=1S/C10H8F2O2/c1-2-7-3-4-8(14-6-5-13)10(12)9(7)11/h1,3-5H,2,6H2. The summed E-state index contributed by atoms with van der Waals surface area (Å²) in [6.45, 7) is 4.86. The fraction of sp³-hybridized carbons (Fsp3) is 0.200. The highest BCUT2D eigenvalue weighted by atomic mass is 19.2. The third-order valence-electron chi connectivity index (χ3n) is 1.65. The molecule has 0 heterocycles. The summed E-state index contributed by atoms with van der Waals surface area (Å²) in [5.41, 5.74) is 0.0703. The van der Waals surface area contributed by atoms with Gasteiger partial charge in [0.1, 0.15) is 6.61 Å². The Labute approximate surface area is 80.5 Å². The van der Waals surface area contributed by atoms with Crippen molar-refractivity contribution in [3.63, 3.8) is 0 Å². The molecule has 1 rings (SSSR count). The average molecular weight is 198 g/mol. The van der Waals surface area contributed by atoms with Gasteiger partial charge in [-0.15, -0.1) is 0 Å². The molecule has 0 atom stereocenters. The number of ether oxygens (including phenoxy) is 1. The van der Waals surface area contributed by atoms with Crippen molar-refractivity contribution >= 4 is 6.29 Å². The van der Waals surface area contributed by atoms with Crippen LogP contribution in [0.5, 0.6) is 5.75 Å². The molecule has 74 valence electrons. The predicted octanol–water partition coefficient (Wildman–Crippen LogP) is 1.80. The highest BCUT2D eigenvalue weighted by Crippen LogP contribution is 2.22. The van der Waals surface area contributed by atoms with Crippen molar-refractivity contribution in [3.05, 3.63) is 36.3 Å². The van der Waals surface area contributed by atoms with Gasteiger partial charge in [-0.25, -0.2) is 4.39 Å². The number of benzene rings is 1. The number of carbonyl (C=O) groups is 1. The summed E-state index contributed by atoms with van der Waals surface area (Å²) in [6, 6.07) is 2.56. The van der Waals surface area contributed by atoms with E-state index in [-0.39, 0.29) is 24.3 Å². The molecule has 0 aliphatic carbocycles. The lowest BCUT2D eigenvalue weighted by Crippen LogP contribution is -2.02. The molecule has 0 amide bonds. The van der Waals surface area contributed by atoms with Crippen molar-refractivity contribution in [1.82, 2.24) is 0 Å². The van der Waals surface area contributed by atoms with E-state index >= 15 is 0 Å². The highest BCUT2D eigenvalue weighted by molar-refractivity contribution is 5.51.